The van der Waals surface area contributed by atoms with Gasteiger partial charge in [0.25, 0.3) is 11.8 Å². The van der Waals surface area contributed by atoms with Crippen LogP contribution in [0, 0.1) is 23.2 Å². The topological polar surface area (TPSA) is 96.0 Å². The third kappa shape index (κ3) is 4.78. The van der Waals surface area contributed by atoms with E-state index in [0.717, 1.165) is 17.7 Å². The number of nitrogens with one attached hydrogen (secondary N) is 1. The molecule has 3 rings (SSSR count). The minimum atomic E-state index is -0.950. The van der Waals surface area contributed by atoms with E-state index in [0.29, 0.717) is 37.8 Å². The van der Waals surface area contributed by atoms with Crippen LogP contribution in [0.1, 0.15) is 60.3 Å². The molecule has 2 aliphatic heterocycles. The van der Waals surface area contributed by atoms with Crippen molar-refractivity contribution in [3.05, 3.63) is 0 Å². The lowest BCUT2D eigenvalue weighted by Crippen LogP contribution is -2.54. The number of rotatable bonds is 4. The largest absolute Gasteiger partial charge is 0.454 e. The zero-order chi connectivity index (χ0) is 22.3. The molecule has 8 heteroatoms. The molecule has 4 atom stereocenters. The second kappa shape index (κ2) is 8.19. The zero-order valence-corrected chi connectivity index (χ0v) is 18.8. The predicted molar refractivity (Wildman–Crippen MR) is 110 cm³/mol. The molecule has 8 nitrogen and oxygen atoms in total. The van der Waals surface area contributed by atoms with E-state index < -0.39 is 24.1 Å². The summed E-state index contributed by atoms with van der Waals surface area (Å²) in [4.78, 5) is 52.9. The van der Waals surface area contributed by atoms with Gasteiger partial charge in [0.2, 0.25) is 0 Å². The Labute approximate surface area is 178 Å². The Morgan fingerprint density at radius 1 is 1.07 bits per heavy atom. The number of carbonyl (C=O) groups excluding carboxylic acids is 4. The number of imide groups is 1. The van der Waals surface area contributed by atoms with Crippen LogP contribution in [0.4, 0.5) is 4.79 Å². The molecule has 4 amide bonds. The Kier molecular flexibility index (Phi) is 6.16. The van der Waals surface area contributed by atoms with Crippen LogP contribution in [0.5, 0.6) is 0 Å². The number of hydrogen-bond acceptors (Lipinski definition) is 5. The maximum absolute atomic E-state index is 13.1. The molecule has 2 saturated heterocycles. The van der Waals surface area contributed by atoms with Gasteiger partial charge in [0.15, 0.2) is 6.61 Å². The molecule has 0 aromatic heterocycles. The molecule has 0 aromatic rings. The predicted octanol–water partition coefficient (Wildman–Crippen LogP) is 2.17. The highest BCUT2D eigenvalue weighted by Crippen LogP contribution is 2.46. The van der Waals surface area contributed by atoms with Gasteiger partial charge in [-0.2, -0.15) is 0 Å². The first-order valence-corrected chi connectivity index (χ1v) is 11.0. The molecule has 0 aromatic carbocycles. The van der Waals surface area contributed by atoms with Gasteiger partial charge in [0.05, 0.1) is 0 Å². The maximum atomic E-state index is 13.1. The van der Waals surface area contributed by atoms with Crippen molar-refractivity contribution in [2.75, 3.05) is 26.2 Å². The molecule has 1 aliphatic carbocycles. The lowest BCUT2D eigenvalue weighted by atomic mass is 9.64. The van der Waals surface area contributed by atoms with E-state index in [1.807, 2.05) is 0 Å². The average Bonchev–Trinajstić information content (AvgIpc) is 2.80. The van der Waals surface area contributed by atoms with E-state index in [-0.39, 0.29) is 29.8 Å². The normalized spacial score (nSPS) is 33.6. The lowest BCUT2D eigenvalue weighted by molar-refractivity contribution is -0.155. The highest BCUT2D eigenvalue weighted by atomic mass is 16.5. The van der Waals surface area contributed by atoms with Gasteiger partial charge in [-0.3, -0.25) is 19.3 Å². The molecule has 1 spiro atoms. The molecule has 1 saturated carbocycles. The van der Waals surface area contributed by atoms with Crippen molar-refractivity contribution in [2.24, 2.45) is 23.2 Å². The minimum Gasteiger partial charge on any atom is -0.454 e. The van der Waals surface area contributed by atoms with Crippen LogP contribution in [0.15, 0.2) is 0 Å². The quantitative estimate of drug-likeness (QED) is 0.554. The molecule has 2 heterocycles. The highest BCUT2D eigenvalue weighted by Gasteiger charge is 2.56. The van der Waals surface area contributed by atoms with Crippen molar-refractivity contribution in [2.45, 2.75) is 65.8 Å². The van der Waals surface area contributed by atoms with Crippen molar-refractivity contribution in [1.82, 2.24) is 15.1 Å². The van der Waals surface area contributed by atoms with E-state index in [1.165, 1.54) is 0 Å². The van der Waals surface area contributed by atoms with Crippen LogP contribution in [0.25, 0.3) is 0 Å². The van der Waals surface area contributed by atoms with Crippen LogP contribution in [0.3, 0.4) is 0 Å². The molecule has 1 N–H and O–H groups in total. The first-order chi connectivity index (χ1) is 13.9. The number of likely N-dealkylation sites (tertiary alicyclic amines) is 1. The first kappa shape index (κ1) is 22.6. The molecular weight excluding hydrogens is 386 g/mol. The molecule has 3 aliphatic rings. The van der Waals surface area contributed by atoms with Gasteiger partial charge in [-0.15, -0.1) is 0 Å². The summed E-state index contributed by atoms with van der Waals surface area (Å²) in [7, 11) is 0. The second-order valence-electron chi connectivity index (χ2n) is 10.7. The fourth-order valence-electron chi connectivity index (χ4n) is 5.92. The van der Waals surface area contributed by atoms with Gasteiger partial charge in [0.1, 0.15) is 12.1 Å². The van der Waals surface area contributed by atoms with E-state index >= 15 is 0 Å². The Morgan fingerprint density at radius 3 is 2.30 bits per heavy atom. The van der Waals surface area contributed by atoms with Crippen LogP contribution in [0.2, 0.25) is 0 Å². The summed E-state index contributed by atoms with van der Waals surface area (Å²) in [6.07, 6.45) is 3.17. The minimum absolute atomic E-state index is 0.0771. The van der Waals surface area contributed by atoms with E-state index in [4.69, 9.17) is 4.74 Å². The van der Waals surface area contributed by atoms with Crippen LogP contribution in [-0.2, 0) is 19.1 Å². The van der Waals surface area contributed by atoms with Crippen LogP contribution >= 0.6 is 0 Å². The summed E-state index contributed by atoms with van der Waals surface area (Å²) in [5.41, 5.74) is -1.03. The number of esters is 1. The third-order valence-electron chi connectivity index (χ3n) is 6.49. The Bertz CT molecular complexity index is 726. The number of hydrogen-bond donors (Lipinski definition) is 1. The number of carbonyl (C=O) groups is 4. The Balaban J connectivity index is 1.56. The van der Waals surface area contributed by atoms with Crippen LogP contribution in [-0.4, -0.2) is 65.4 Å². The van der Waals surface area contributed by atoms with Crippen molar-refractivity contribution in [3.8, 4) is 0 Å². The zero-order valence-electron chi connectivity index (χ0n) is 18.8. The third-order valence-corrected chi connectivity index (χ3v) is 6.49. The SMILES string of the molecule is C[C@@H]1CC(C)(C)C[C@]2(C1)NC(=O)N(CC(=O)OCC(=O)N1C[C@@H](C)C[C@H](C)C1)C2=O. The summed E-state index contributed by atoms with van der Waals surface area (Å²) in [5.74, 6) is -0.232. The first-order valence-electron chi connectivity index (χ1n) is 11.0. The number of ether oxygens (including phenoxy) is 1. The van der Waals surface area contributed by atoms with Gasteiger partial charge < -0.3 is 15.0 Å². The molecule has 30 heavy (non-hydrogen) atoms. The summed E-state index contributed by atoms with van der Waals surface area (Å²) in [6, 6.07) is -0.563. The number of urea groups is 1. The molecule has 0 bridgehead atoms. The smallest absolute Gasteiger partial charge is 0.326 e. The van der Waals surface area contributed by atoms with Crippen molar-refractivity contribution in [1.29, 1.82) is 0 Å². The molecule has 168 valence electrons. The van der Waals surface area contributed by atoms with Crippen molar-refractivity contribution in [3.63, 3.8) is 0 Å². The lowest BCUT2D eigenvalue weighted by Gasteiger charge is -2.43. The van der Waals surface area contributed by atoms with Gasteiger partial charge in [-0.25, -0.2) is 4.79 Å². The second-order valence-corrected chi connectivity index (χ2v) is 10.7. The molecule has 0 unspecified atom stereocenters. The van der Waals surface area contributed by atoms with Gasteiger partial charge >= 0.3 is 12.0 Å². The van der Waals surface area contributed by atoms with Crippen molar-refractivity contribution < 1.29 is 23.9 Å². The van der Waals surface area contributed by atoms with E-state index in [9.17, 15) is 19.2 Å². The average molecular weight is 422 g/mol. The van der Waals surface area contributed by atoms with Gasteiger partial charge in [-0.1, -0.05) is 34.6 Å². The van der Waals surface area contributed by atoms with Crippen molar-refractivity contribution >= 4 is 23.8 Å². The van der Waals surface area contributed by atoms with Gasteiger partial charge in [-0.05, 0) is 48.9 Å². The summed E-state index contributed by atoms with van der Waals surface area (Å²) < 4.78 is 5.12. The summed E-state index contributed by atoms with van der Waals surface area (Å²) >= 11 is 0. The highest BCUT2D eigenvalue weighted by molar-refractivity contribution is 6.08. The van der Waals surface area contributed by atoms with Gasteiger partial charge in [0, 0.05) is 13.1 Å². The number of nitrogens with zero attached hydrogens (tertiary/aromatic N) is 2. The van der Waals surface area contributed by atoms with E-state index in [1.54, 1.807) is 4.90 Å². The molecular formula is C22H35N3O5. The number of piperidine rings is 1. The number of amides is 4. The summed E-state index contributed by atoms with van der Waals surface area (Å²) in [5, 5.41) is 2.84. The monoisotopic (exact) mass is 421 g/mol. The standard InChI is InChI=1S/C22H35N3O5/c1-14-6-15(2)10-24(9-14)17(26)12-30-18(27)11-25-19(28)22(23-20(25)29)8-16(3)7-21(4,5)13-22/h14-16H,6-13H2,1-5H3,(H,23,29)/t14-,15-,16+,22-/m0/s1. The van der Waals surface area contributed by atoms with E-state index in [2.05, 4.69) is 39.9 Å². The van der Waals surface area contributed by atoms with Crippen LogP contribution < -0.4 is 5.32 Å². The molecule has 0 radical (unpaired) electrons. The summed E-state index contributed by atoms with van der Waals surface area (Å²) in [6.45, 7) is 10.9. The fourth-order valence-corrected chi connectivity index (χ4v) is 5.92. The maximum Gasteiger partial charge on any atom is 0.326 e. The Hall–Kier alpha value is -2.12. The Morgan fingerprint density at radius 2 is 1.70 bits per heavy atom. The molecule has 3 fully saturated rings. The fraction of sp³-hybridized carbons (Fsp3) is 0.818.